The van der Waals surface area contributed by atoms with Crippen LogP contribution in [0.5, 0.6) is 0 Å². The van der Waals surface area contributed by atoms with Gasteiger partial charge in [-0.05, 0) is 0 Å². The monoisotopic (exact) mass is 231 g/mol. The summed E-state index contributed by atoms with van der Waals surface area (Å²) < 4.78 is 1.31. The van der Waals surface area contributed by atoms with Gasteiger partial charge in [-0.2, -0.15) is 0 Å². The van der Waals surface area contributed by atoms with Crippen LogP contribution in [0.3, 0.4) is 0 Å². The molecule has 15 heavy (non-hydrogen) atoms. The molecule has 0 spiro atoms. The zero-order valence-corrected chi connectivity index (χ0v) is 9.75. The molecule has 0 aliphatic heterocycles. The minimum Gasteiger partial charge on any atom is -0.394 e. The van der Waals surface area contributed by atoms with Gasteiger partial charge in [-0.1, -0.05) is 37.6 Å². The van der Waals surface area contributed by atoms with Gasteiger partial charge in [0.05, 0.1) is 13.2 Å². The molecular formula is C9H14ClN3O2. The second kappa shape index (κ2) is 4.28. The Labute approximate surface area is 93.0 Å². The molecule has 84 valence electrons. The molecule has 0 aliphatic rings. The zero-order chi connectivity index (χ0) is 11.6. The van der Waals surface area contributed by atoms with E-state index in [4.69, 9.17) is 16.7 Å². The number of carbonyl (C=O) groups is 1. The van der Waals surface area contributed by atoms with Crippen LogP contribution in [-0.2, 0) is 6.54 Å². The largest absolute Gasteiger partial charge is 0.394 e. The highest BCUT2D eigenvalue weighted by Crippen LogP contribution is 2.23. The summed E-state index contributed by atoms with van der Waals surface area (Å²) in [5.74, 6) is -0.156. The number of rotatable bonds is 3. The van der Waals surface area contributed by atoms with E-state index in [0.717, 1.165) is 0 Å². The standard InChI is InChI=1S/C9H14ClN3O2/c1-9(2,3)7(15)6-8(10)13(4-5-14)12-11-6/h14H,4-5H2,1-3H3. The summed E-state index contributed by atoms with van der Waals surface area (Å²) >= 11 is 5.91. The average Bonchev–Trinajstić information content (AvgIpc) is 2.46. The third-order valence-electron chi connectivity index (χ3n) is 1.88. The normalized spacial score (nSPS) is 11.8. The van der Waals surface area contributed by atoms with E-state index < -0.39 is 5.41 Å². The lowest BCUT2D eigenvalue weighted by atomic mass is 9.89. The maximum absolute atomic E-state index is 11.8. The van der Waals surface area contributed by atoms with Crippen LogP contribution in [0.25, 0.3) is 0 Å². The van der Waals surface area contributed by atoms with Crippen LogP contribution in [0.2, 0.25) is 5.15 Å². The minimum absolute atomic E-state index is 0.0910. The van der Waals surface area contributed by atoms with Crippen molar-refractivity contribution in [3.63, 3.8) is 0 Å². The number of aliphatic hydroxyl groups is 1. The number of hydrogen-bond acceptors (Lipinski definition) is 4. The Kier molecular flexibility index (Phi) is 3.46. The predicted molar refractivity (Wildman–Crippen MR) is 55.9 cm³/mol. The zero-order valence-electron chi connectivity index (χ0n) is 8.99. The molecule has 6 heteroatoms. The topological polar surface area (TPSA) is 68.0 Å². The number of aliphatic hydroxyl groups excluding tert-OH is 1. The minimum atomic E-state index is -0.538. The van der Waals surface area contributed by atoms with E-state index in [9.17, 15) is 4.79 Å². The van der Waals surface area contributed by atoms with Gasteiger partial charge >= 0.3 is 0 Å². The van der Waals surface area contributed by atoms with Crippen molar-refractivity contribution in [3.05, 3.63) is 10.8 Å². The van der Waals surface area contributed by atoms with Crippen LogP contribution in [0, 0.1) is 5.41 Å². The van der Waals surface area contributed by atoms with Gasteiger partial charge in [0.2, 0.25) is 0 Å². The summed E-state index contributed by atoms with van der Waals surface area (Å²) in [7, 11) is 0. The molecule has 0 aliphatic carbocycles. The first-order valence-electron chi connectivity index (χ1n) is 4.62. The quantitative estimate of drug-likeness (QED) is 0.793. The summed E-state index contributed by atoms with van der Waals surface area (Å²) in [5, 5.41) is 16.3. The smallest absolute Gasteiger partial charge is 0.191 e. The molecule has 0 bridgehead atoms. The molecule has 0 radical (unpaired) electrons. The SMILES string of the molecule is CC(C)(C)C(=O)c1nnn(CCO)c1Cl. The summed E-state index contributed by atoms with van der Waals surface area (Å²) in [6, 6.07) is 0. The lowest BCUT2D eigenvalue weighted by Crippen LogP contribution is -2.21. The molecule has 1 N–H and O–H groups in total. The number of Topliss-reactive ketones (excluding diaryl/α,β-unsaturated/α-hetero) is 1. The number of halogens is 1. The molecule has 0 aromatic carbocycles. The molecule has 0 atom stereocenters. The summed E-state index contributed by atoms with van der Waals surface area (Å²) in [6.45, 7) is 5.51. The lowest BCUT2D eigenvalue weighted by molar-refractivity contribution is 0.0853. The highest BCUT2D eigenvalue weighted by atomic mass is 35.5. The summed E-state index contributed by atoms with van der Waals surface area (Å²) in [6.07, 6.45) is 0. The second-order valence-corrected chi connectivity index (χ2v) is 4.61. The molecule has 1 heterocycles. The van der Waals surface area contributed by atoms with Crippen molar-refractivity contribution < 1.29 is 9.90 Å². The Morgan fingerprint density at radius 3 is 2.60 bits per heavy atom. The van der Waals surface area contributed by atoms with E-state index in [2.05, 4.69) is 10.3 Å². The van der Waals surface area contributed by atoms with Crippen molar-refractivity contribution in [3.8, 4) is 0 Å². The van der Waals surface area contributed by atoms with E-state index in [1.165, 1.54) is 4.68 Å². The molecule has 1 aromatic heterocycles. The number of ketones is 1. The third kappa shape index (κ3) is 2.54. The van der Waals surface area contributed by atoms with Gasteiger partial charge in [0, 0.05) is 5.41 Å². The van der Waals surface area contributed by atoms with Crippen molar-refractivity contribution in [1.29, 1.82) is 0 Å². The Morgan fingerprint density at radius 2 is 2.13 bits per heavy atom. The Morgan fingerprint density at radius 1 is 1.53 bits per heavy atom. The van der Waals surface area contributed by atoms with E-state index in [0.29, 0.717) is 0 Å². The molecule has 0 fully saturated rings. The van der Waals surface area contributed by atoms with Crippen LogP contribution < -0.4 is 0 Å². The van der Waals surface area contributed by atoms with Crippen LogP contribution in [0.4, 0.5) is 0 Å². The molecule has 0 saturated heterocycles. The highest BCUT2D eigenvalue weighted by Gasteiger charge is 2.28. The van der Waals surface area contributed by atoms with Gasteiger partial charge in [0.1, 0.15) is 0 Å². The van der Waals surface area contributed by atoms with E-state index in [1.807, 2.05) is 0 Å². The lowest BCUT2D eigenvalue weighted by Gasteiger charge is -2.14. The van der Waals surface area contributed by atoms with Crippen molar-refractivity contribution in [2.45, 2.75) is 27.3 Å². The summed E-state index contributed by atoms with van der Waals surface area (Å²) in [4.78, 5) is 11.8. The van der Waals surface area contributed by atoms with Crippen LogP contribution in [0.1, 0.15) is 31.3 Å². The van der Waals surface area contributed by atoms with Crippen LogP contribution >= 0.6 is 11.6 Å². The van der Waals surface area contributed by atoms with Crippen LogP contribution in [-0.4, -0.2) is 32.5 Å². The van der Waals surface area contributed by atoms with Gasteiger partial charge in [-0.15, -0.1) is 5.10 Å². The first-order valence-corrected chi connectivity index (χ1v) is 5.00. The molecule has 1 aromatic rings. The Balaban J connectivity index is 3.02. The van der Waals surface area contributed by atoms with Gasteiger partial charge in [0.25, 0.3) is 0 Å². The fraction of sp³-hybridized carbons (Fsp3) is 0.667. The molecule has 0 saturated carbocycles. The molecule has 0 unspecified atom stereocenters. The van der Waals surface area contributed by atoms with E-state index in [1.54, 1.807) is 20.8 Å². The first kappa shape index (κ1) is 12.1. The predicted octanol–water partition coefficient (Wildman–Crippen LogP) is 1.15. The number of carbonyl (C=O) groups excluding carboxylic acids is 1. The highest BCUT2D eigenvalue weighted by molar-refractivity contribution is 6.32. The maximum Gasteiger partial charge on any atom is 0.191 e. The van der Waals surface area contributed by atoms with Gasteiger partial charge in [-0.25, -0.2) is 4.68 Å². The molecule has 0 amide bonds. The van der Waals surface area contributed by atoms with Crippen molar-refractivity contribution in [2.24, 2.45) is 5.41 Å². The van der Waals surface area contributed by atoms with Gasteiger partial charge < -0.3 is 5.11 Å². The number of hydrogen-bond donors (Lipinski definition) is 1. The Bertz CT molecular complexity index is 368. The molecule has 1 rings (SSSR count). The van der Waals surface area contributed by atoms with E-state index >= 15 is 0 Å². The fourth-order valence-electron chi connectivity index (χ4n) is 1.03. The number of aromatic nitrogens is 3. The van der Waals surface area contributed by atoms with Crippen molar-refractivity contribution in [1.82, 2.24) is 15.0 Å². The average molecular weight is 232 g/mol. The van der Waals surface area contributed by atoms with E-state index in [-0.39, 0.29) is 29.8 Å². The van der Waals surface area contributed by atoms with Gasteiger partial charge in [0.15, 0.2) is 16.6 Å². The van der Waals surface area contributed by atoms with Gasteiger partial charge in [-0.3, -0.25) is 4.79 Å². The third-order valence-corrected chi connectivity index (χ3v) is 2.26. The fourth-order valence-corrected chi connectivity index (χ4v) is 1.28. The molecular weight excluding hydrogens is 218 g/mol. The van der Waals surface area contributed by atoms with Crippen LogP contribution in [0.15, 0.2) is 0 Å². The van der Waals surface area contributed by atoms with Crippen molar-refractivity contribution in [2.75, 3.05) is 6.61 Å². The maximum atomic E-state index is 11.8. The molecule has 5 nitrogen and oxygen atoms in total. The first-order chi connectivity index (χ1) is 6.88. The Hall–Kier alpha value is -0.940. The summed E-state index contributed by atoms with van der Waals surface area (Å²) in [5.41, 5.74) is -0.374. The number of nitrogens with zero attached hydrogens (tertiary/aromatic N) is 3. The van der Waals surface area contributed by atoms with Crippen molar-refractivity contribution >= 4 is 17.4 Å². The second-order valence-electron chi connectivity index (χ2n) is 4.25.